The van der Waals surface area contributed by atoms with Crippen LogP contribution in [0.1, 0.15) is 25.8 Å². The average Bonchev–Trinajstić information content (AvgIpc) is 2.36. The Balaban J connectivity index is 2.70. The molecule has 0 bridgehead atoms. The second kappa shape index (κ2) is 7.09. The molecule has 4 nitrogen and oxygen atoms in total. The molecular formula is C14H21FN2O2. The van der Waals surface area contributed by atoms with Crippen LogP contribution in [0.2, 0.25) is 0 Å². The van der Waals surface area contributed by atoms with Crippen LogP contribution < -0.4 is 11.1 Å². The molecule has 0 spiro atoms. The highest BCUT2D eigenvalue weighted by molar-refractivity contribution is 5.75. The molecule has 0 saturated heterocycles. The van der Waals surface area contributed by atoms with Crippen LogP contribution >= 0.6 is 0 Å². The van der Waals surface area contributed by atoms with E-state index >= 15 is 0 Å². The summed E-state index contributed by atoms with van der Waals surface area (Å²) in [6.45, 7) is 4.37. The number of hydrogen-bond acceptors (Lipinski definition) is 4. The van der Waals surface area contributed by atoms with Gasteiger partial charge in [-0.05, 0) is 36.1 Å². The van der Waals surface area contributed by atoms with Gasteiger partial charge in [0.2, 0.25) is 0 Å². The molecule has 0 aliphatic heterocycles. The van der Waals surface area contributed by atoms with Crippen LogP contribution in [0.25, 0.3) is 0 Å². The number of ether oxygens (including phenoxy) is 1. The first-order valence-corrected chi connectivity index (χ1v) is 6.29. The van der Waals surface area contributed by atoms with Crippen molar-refractivity contribution in [2.24, 2.45) is 5.92 Å². The van der Waals surface area contributed by atoms with Crippen molar-refractivity contribution < 1.29 is 13.9 Å². The zero-order chi connectivity index (χ0) is 14.4. The molecule has 1 aromatic carbocycles. The van der Waals surface area contributed by atoms with Gasteiger partial charge in [-0.3, -0.25) is 4.79 Å². The first kappa shape index (κ1) is 15.4. The van der Waals surface area contributed by atoms with Crippen molar-refractivity contribution in [3.05, 3.63) is 29.6 Å². The van der Waals surface area contributed by atoms with E-state index in [0.717, 1.165) is 0 Å². The number of carbonyl (C=O) groups is 1. The number of rotatable bonds is 6. The molecule has 5 heteroatoms. The second-order valence-electron chi connectivity index (χ2n) is 4.93. The van der Waals surface area contributed by atoms with Gasteiger partial charge in [0.25, 0.3) is 0 Å². The van der Waals surface area contributed by atoms with E-state index in [-0.39, 0.29) is 11.8 Å². The molecule has 106 valence electrons. The number of benzene rings is 1. The summed E-state index contributed by atoms with van der Waals surface area (Å²) in [5.41, 5.74) is 6.90. The molecule has 0 aromatic heterocycles. The maximum atomic E-state index is 13.1. The van der Waals surface area contributed by atoms with E-state index in [2.05, 4.69) is 5.32 Å². The number of hydrogen-bond donors (Lipinski definition) is 2. The van der Waals surface area contributed by atoms with Crippen molar-refractivity contribution in [1.29, 1.82) is 0 Å². The second-order valence-corrected chi connectivity index (χ2v) is 4.93. The summed E-state index contributed by atoms with van der Waals surface area (Å²) in [4.78, 5) is 11.6. The van der Waals surface area contributed by atoms with E-state index in [1.165, 1.54) is 25.3 Å². The molecular weight excluding hydrogens is 247 g/mol. The molecule has 0 aliphatic carbocycles. The fraction of sp³-hybridized carbons (Fsp3) is 0.500. The summed E-state index contributed by atoms with van der Waals surface area (Å²) in [5, 5.41) is 3.06. The summed E-state index contributed by atoms with van der Waals surface area (Å²) < 4.78 is 17.9. The van der Waals surface area contributed by atoms with Gasteiger partial charge in [-0.25, -0.2) is 4.39 Å². The maximum Gasteiger partial charge on any atom is 0.322 e. The third-order valence-electron chi connectivity index (χ3n) is 2.84. The van der Waals surface area contributed by atoms with Gasteiger partial charge in [-0.2, -0.15) is 0 Å². The number of methoxy groups -OCH3 is 1. The highest BCUT2D eigenvalue weighted by atomic mass is 19.1. The van der Waals surface area contributed by atoms with Gasteiger partial charge in [0.15, 0.2) is 0 Å². The summed E-state index contributed by atoms with van der Waals surface area (Å²) in [7, 11) is 1.36. The molecule has 0 heterocycles. The minimum atomic E-state index is -0.410. The largest absolute Gasteiger partial charge is 0.468 e. The number of carbonyl (C=O) groups excluding carboxylic acids is 1. The van der Waals surface area contributed by atoms with Gasteiger partial charge in [0.05, 0.1) is 7.11 Å². The summed E-state index contributed by atoms with van der Waals surface area (Å²) >= 11 is 0. The van der Waals surface area contributed by atoms with Gasteiger partial charge in [-0.1, -0.05) is 13.8 Å². The molecule has 0 aliphatic rings. The van der Waals surface area contributed by atoms with Crippen LogP contribution in [0.15, 0.2) is 18.2 Å². The first-order chi connectivity index (χ1) is 8.93. The average molecular weight is 268 g/mol. The van der Waals surface area contributed by atoms with Crippen molar-refractivity contribution in [2.75, 3.05) is 12.8 Å². The van der Waals surface area contributed by atoms with Crippen molar-refractivity contribution in [1.82, 2.24) is 5.32 Å². The zero-order valence-electron chi connectivity index (χ0n) is 11.6. The lowest BCUT2D eigenvalue weighted by Crippen LogP contribution is -2.38. The van der Waals surface area contributed by atoms with Crippen LogP contribution in [0, 0.1) is 11.7 Å². The number of esters is 1. The Kier molecular flexibility index (Phi) is 5.76. The topological polar surface area (TPSA) is 64.3 Å². The fourth-order valence-corrected chi connectivity index (χ4v) is 1.84. The summed E-state index contributed by atoms with van der Waals surface area (Å²) in [6, 6.07) is 3.78. The highest BCUT2D eigenvalue weighted by Gasteiger charge is 2.20. The molecule has 19 heavy (non-hydrogen) atoms. The molecule has 0 fully saturated rings. The SMILES string of the molecule is COC(=O)[C@H](CC(C)C)NCc1cc(F)ccc1N. The predicted octanol–water partition coefficient (Wildman–Crippen LogP) is 2.09. The van der Waals surface area contributed by atoms with E-state index in [9.17, 15) is 9.18 Å². The van der Waals surface area contributed by atoms with Crippen molar-refractivity contribution in [3.8, 4) is 0 Å². The number of halogens is 1. The molecule has 1 atom stereocenters. The quantitative estimate of drug-likeness (QED) is 0.612. The van der Waals surface area contributed by atoms with E-state index in [1.807, 2.05) is 13.8 Å². The Hall–Kier alpha value is -1.62. The van der Waals surface area contributed by atoms with Crippen molar-refractivity contribution >= 4 is 11.7 Å². The molecule has 0 amide bonds. The van der Waals surface area contributed by atoms with Crippen LogP contribution in [0.3, 0.4) is 0 Å². The smallest absolute Gasteiger partial charge is 0.322 e. The van der Waals surface area contributed by atoms with Crippen LogP contribution in [-0.2, 0) is 16.1 Å². The molecule has 0 saturated carbocycles. The van der Waals surface area contributed by atoms with E-state index < -0.39 is 6.04 Å². The fourth-order valence-electron chi connectivity index (χ4n) is 1.84. The third-order valence-corrected chi connectivity index (χ3v) is 2.84. The van der Waals surface area contributed by atoms with Gasteiger partial charge in [-0.15, -0.1) is 0 Å². The lowest BCUT2D eigenvalue weighted by atomic mass is 10.0. The Morgan fingerprint density at radius 3 is 2.74 bits per heavy atom. The van der Waals surface area contributed by atoms with Crippen molar-refractivity contribution in [3.63, 3.8) is 0 Å². The molecule has 3 N–H and O–H groups in total. The minimum absolute atomic E-state index is 0.316. The lowest BCUT2D eigenvalue weighted by molar-refractivity contribution is -0.143. The van der Waals surface area contributed by atoms with Gasteiger partial charge in [0.1, 0.15) is 11.9 Å². The summed E-state index contributed by atoms with van der Waals surface area (Å²) in [6.07, 6.45) is 0.655. The van der Waals surface area contributed by atoms with Crippen LogP contribution in [0.5, 0.6) is 0 Å². The molecule has 0 radical (unpaired) electrons. The van der Waals surface area contributed by atoms with Gasteiger partial charge >= 0.3 is 5.97 Å². The Morgan fingerprint density at radius 1 is 1.47 bits per heavy atom. The standard InChI is InChI=1S/C14H21FN2O2/c1-9(2)6-13(14(18)19-3)17-8-10-7-11(15)4-5-12(10)16/h4-5,7,9,13,17H,6,8,16H2,1-3H3/t13-/m0/s1. The van der Waals surface area contributed by atoms with E-state index in [1.54, 1.807) is 0 Å². The first-order valence-electron chi connectivity index (χ1n) is 6.29. The third kappa shape index (κ3) is 4.87. The Labute approximate surface area is 113 Å². The normalized spacial score (nSPS) is 12.5. The molecule has 1 aromatic rings. The zero-order valence-corrected chi connectivity index (χ0v) is 11.6. The van der Waals surface area contributed by atoms with Crippen molar-refractivity contribution in [2.45, 2.75) is 32.9 Å². The Bertz CT molecular complexity index is 435. The molecule has 1 rings (SSSR count). The highest BCUT2D eigenvalue weighted by Crippen LogP contribution is 2.14. The number of nitrogens with one attached hydrogen (secondary N) is 1. The maximum absolute atomic E-state index is 13.1. The van der Waals surface area contributed by atoms with E-state index in [4.69, 9.17) is 10.5 Å². The number of anilines is 1. The molecule has 0 unspecified atom stereocenters. The monoisotopic (exact) mass is 268 g/mol. The van der Waals surface area contributed by atoms with Gasteiger partial charge in [0, 0.05) is 12.2 Å². The van der Waals surface area contributed by atoms with Crippen LogP contribution in [0.4, 0.5) is 10.1 Å². The Morgan fingerprint density at radius 2 is 2.16 bits per heavy atom. The lowest BCUT2D eigenvalue weighted by Gasteiger charge is -2.18. The van der Waals surface area contributed by atoms with Crippen LogP contribution in [-0.4, -0.2) is 19.1 Å². The van der Waals surface area contributed by atoms with E-state index in [0.29, 0.717) is 30.1 Å². The summed E-state index contributed by atoms with van der Waals surface area (Å²) in [5.74, 6) is -0.311. The number of nitrogen functional groups attached to an aromatic ring is 1. The minimum Gasteiger partial charge on any atom is -0.468 e. The number of nitrogens with two attached hydrogens (primary N) is 1. The van der Waals surface area contributed by atoms with Gasteiger partial charge < -0.3 is 15.8 Å². The predicted molar refractivity (Wildman–Crippen MR) is 72.9 cm³/mol.